The predicted octanol–water partition coefficient (Wildman–Crippen LogP) is 5.04. The van der Waals surface area contributed by atoms with E-state index in [1.54, 1.807) is 30.1 Å². The molecular weight excluding hydrogens is 468 g/mol. The third-order valence-corrected chi connectivity index (χ3v) is 6.22. The number of benzene rings is 1. The highest BCUT2D eigenvalue weighted by Gasteiger charge is 2.43. The summed E-state index contributed by atoms with van der Waals surface area (Å²) in [5.74, 6) is 0.677. The molecule has 0 saturated carbocycles. The van der Waals surface area contributed by atoms with Crippen molar-refractivity contribution in [1.29, 1.82) is 0 Å². The van der Waals surface area contributed by atoms with E-state index in [0.29, 0.717) is 24.0 Å². The van der Waals surface area contributed by atoms with Crippen LogP contribution in [0.25, 0.3) is 0 Å². The number of aliphatic hydroxyl groups excluding tert-OH is 1. The molecule has 1 saturated heterocycles. The summed E-state index contributed by atoms with van der Waals surface area (Å²) in [5.41, 5.74) is 1.51. The third-order valence-electron chi connectivity index (χ3n) is 6.22. The van der Waals surface area contributed by atoms with Crippen molar-refractivity contribution < 1.29 is 19.4 Å². The number of pyridine rings is 1. The van der Waals surface area contributed by atoms with Crippen LogP contribution >= 0.6 is 0 Å². The Morgan fingerprint density at radius 2 is 1.73 bits per heavy atom. The van der Waals surface area contributed by atoms with Crippen LogP contribution < -0.4 is 5.32 Å². The van der Waals surface area contributed by atoms with E-state index in [1.165, 1.54) is 0 Å². The van der Waals surface area contributed by atoms with Gasteiger partial charge in [-0.05, 0) is 84.6 Å². The molecule has 1 aromatic heterocycles. The van der Waals surface area contributed by atoms with Crippen molar-refractivity contribution in [2.75, 3.05) is 19.4 Å². The number of aliphatic hydroxyl groups is 1. The molecule has 3 atom stereocenters. The normalized spacial score (nSPS) is 18.9. The topological polar surface area (TPSA) is 95.0 Å². The number of carbonyl (C=O) groups excluding carboxylic acids is 2. The van der Waals surface area contributed by atoms with Gasteiger partial charge in [-0.1, -0.05) is 18.2 Å². The third kappa shape index (κ3) is 7.68. The number of hydrogen-bond donors (Lipinski definition) is 2. The van der Waals surface area contributed by atoms with Crippen LogP contribution in [0.3, 0.4) is 0 Å². The number of anilines is 1. The zero-order chi connectivity index (χ0) is 27.5. The molecule has 1 aliphatic heterocycles. The van der Waals surface area contributed by atoms with Gasteiger partial charge < -0.3 is 20.1 Å². The smallest absolute Gasteiger partial charge is 0.410 e. The minimum atomic E-state index is -0.895. The van der Waals surface area contributed by atoms with Crippen molar-refractivity contribution in [2.45, 2.75) is 90.1 Å². The maximum atomic E-state index is 13.4. The van der Waals surface area contributed by atoms with Crippen LogP contribution in [0.5, 0.6) is 0 Å². The van der Waals surface area contributed by atoms with Gasteiger partial charge in [-0.15, -0.1) is 0 Å². The number of aromatic nitrogens is 1. The Labute approximate surface area is 221 Å². The summed E-state index contributed by atoms with van der Waals surface area (Å²) >= 11 is 0. The Morgan fingerprint density at radius 1 is 1.08 bits per heavy atom. The molecule has 1 fully saturated rings. The van der Waals surface area contributed by atoms with Crippen LogP contribution in [0.2, 0.25) is 0 Å². The molecule has 202 valence electrons. The summed E-state index contributed by atoms with van der Waals surface area (Å²) in [6, 6.07) is 10.6. The van der Waals surface area contributed by atoms with Crippen LogP contribution in [0.1, 0.15) is 82.0 Å². The van der Waals surface area contributed by atoms with Gasteiger partial charge >= 0.3 is 6.09 Å². The van der Waals surface area contributed by atoms with Gasteiger partial charge in [0.1, 0.15) is 17.5 Å². The molecular formula is C29H42N4O4. The second-order valence-electron chi connectivity index (χ2n) is 12.1. The van der Waals surface area contributed by atoms with E-state index in [1.807, 2.05) is 57.2 Å². The van der Waals surface area contributed by atoms with E-state index < -0.39 is 23.8 Å². The largest absolute Gasteiger partial charge is 0.444 e. The van der Waals surface area contributed by atoms with Crippen molar-refractivity contribution in [3.05, 3.63) is 59.3 Å². The van der Waals surface area contributed by atoms with Crippen molar-refractivity contribution in [3.8, 4) is 0 Å². The minimum Gasteiger partial charge on any atom is -0.444 e. The molecule has 1 aromatic carbocycles. The number of rotatable bonds is 6. The Balaban J connectivity index is 1.81. The first-order valence-corrected chi connectivity index (χ1v) is 12.9. The van der Waals surface area contributed by atoms with E-state index in [9.17, 15) is 14.7 Å². The zero-order valence-corrected chi connectivity index (χ0v) is 23.4. The molecule has 8 heteroatoms. The first-order chi connectivity index (χ1) is 17.1. The quantitative estimate of drug-likeness (QED) is 0.566. The SMILES string of the molecule is CN(C)C(=O)c1ccc(CC2CC[C@H](C(O)c3ccc(NC(C)(C)C)nc3)N2C(=O)OC(C)(C)C)cc1. The highest BCUT2D eigenvalue weighted by molar-refractivity contribution is 5.93. The van der Waals surface area contributed by atoms with Crippen LogP contribution in [-0.2, 0) is 11.2 Å². The number of nitrogens with zero attached hydrogens (tertiary/aromatic N) is 3. The zero-order valence-electron chi connectivity index (χ0n) is 23.4. The van der Waals surface area contributed by atoms with Crippen LogP contribution in [-0.4, -0.2) is 69.2 Å². The second-order valence-corrected chi connectivity index (χ2v) is 12.1. The van der Waals surface area contributed by atoms with E-state index in [-0.39, 0.29) is 17.5 Å². The lowest BCUT2D eigenvalue weighted by molar-refractivity contribution is -0.00458. The number of likely N-dealkylation sites (tertiary alicyclic amines) is 1. The second kappa shape index (κ2) is 11.1. The highest BCUT2D eigenvalue weighted by Crippen LogP contribution is 2.36. The van der Waals surface area contributed by atoms with Crippen molar-refractivity contribution in [1.82, 2.24) is 14.8 Å². The number of hydrogen-bond acceptors (Lipinski definition) is 6. The molecule has 2 N–H and O–H groups in total. The van der Waals surface area contributed by atoms with E-state index in [4.69, 9.17) is 4.74 Å². The average Bonchev–Trinajstić information content (AvgIpc) is 3.20. The average molecular weight is 511 g/mol. The maximum Gasteiger partial charge on any atom is 0.410 e. The number of ether oxygens (including phenoxy) is 1. The number of nitrogens with one attached hydrogen (secondary N) is 1. The Bertz CT molecular complexity index is 1070. The summed E-state index contributed by atoms with van der Waals surface area (Å²) in [4.78, 5) is 33.3. The van der Waals surface area contributed by atoms with Crippen molar-refractivity contribution in [2.24, 2.45) is 0 Å². The fourth-order valence-electron chi connectivity index (χ4n) is 4.60. The van der Waals surface area contributed by atoms with Crippen molar-refractivity contribution in [3.63, 3.8) is 0 Å². The van der Waals surface area contributed by atoms with Gasteiger partial charge in [-0.3, -0.25) is 9.69 Å². The molecule has 0 bridgehead atoms. The number of carbonyl (C=O) groups is 2. The summed E-state index contributed by atoms with van der Waals surface area (Å²) in [5, 5.41) is 14.7. The highest BCUT2D eigenvalue weighted by atomic mass is 16.6. The summed E-state index contributed by atoms with van der Waals surface area (Å²) < 4.78 is 5.76. The first-order valence-electron chi connectivity index (χ1n) is 12.9. The predicted molar refractivity (Wildman–Crippen MR) is 146 cm³/mol. The van der Waals surface area contributed by atoms with E-state index >= 15 is 0 Å². The Hall–Kier alpha value is -3.13. The fourth-order valence-corrected chi connectivity index (χ4v) is 4.60. The molecule has 2 heterocycles. The minimum absolute atomic E-state index is 0.0525. The van der Waals surface area contributed by atoms with E-state index in [0.717, 1.165) is 17.8 Å². The molecule has 0 spiro atoms. The molecule has 2 aromatic rings. The molecule has 2 amide bonds. The lowest BCUT2D eigenvalue weighted by atomic mass is 10.0. The van der Waals surface area contributed by atoms with E-state index in [2.05, 4.69) is 31.1 Å². The molecule has 0 aliphatic carbocycles. The van der Waals surface area contributed by atoms with Gasteiger partial charge in [0.2, 0.25) is 0 Å². The van der Waals surface area contributed by atoms with Gasteiger partial charge in [-0.25, -0.2) is 9.78 Å². The number of amides is 2. The monoisotopic (exact) mass is 510 g/mol. The lowest BCUT2D eigenvalue weighted by Gasteiger charge is -2.35. The first kappa shape index (κ1) is 28.4. The van der Waals surface area contributed by atoms with Gasteiger partial charge in [0, 0.05) is 43.0 Å². The van der Waals surface area contributed by atoms with Gasteiger partial charge in [0.15, 0.2) is 0 Å². The van der Waals surface area contributed by atoms with Crippen LogP contribution in [0, 0.1) is 0 Å². The Kier molecular flexibility index (Phi) is 8.52. The van der Waals surface area contributed by atoms with Crippen LogP contribution in [0.15, 0.2) is 42.6 Å². The molecule has 8 nitrogen and oxygen atoms in total. The summed E-state index contributed by atoms with van der Waals surface area (Å²) in [7, 11) is 3.45. The maximum absolute atomic E-state index is 13.4. The molecule has 3 rings (SSSR count). The van der Waals surface area contributed by atoms with Gasteiger partial charge in [-0.2, -0.15) is 0 Å². The van der Waals surface area contributed by atoms with Gasteiger partial charge in [0.05, 0.1) is 6.04 Å². The van der Waals surface area contributed by atoms with Gasteiger partial charge in [0.25, 0.3) is 5.91 Å². The lowest BCUT2D eigenvalue weighted by Crippen LogP contribution is -2.47. The van der Waals surface area contributed by atoms with Crippen molar-refractivity contribution >= 4 is 17.8 Å². The standard InChI is InChI=1S/C29H42N4O4/c1-28(2,3)31-24-16-13-21(18-30-24)25(34)23-15-14-22(33(23)27(36)37-29(4,5)6)17-19-9-11-20(12-10-19)26(35)32(7)8/h9-13,16,18,22-23,25,34H,14-15,17H2,1-8H3,(H,30,31)/t22?,23-,25?/m1/s1. The summed E-state index contributed by atoms with van der Waals surface area (Å²) in [6.45, 7) is 11.7. The molecule has 1 aliphatic rings. The molecule has 0 radical (unpaired) electrons. The summed E-state index contributed by atoms with van der Waals surface area (Å²) in [6.07, 6.45) is 2.32. The molecule has 37 heavy (non-hydrogen) atoms. The fraction of sp³-hybridized carbons (Fsp3) is 0.552. The Morgan fingerprint density at radius 3 is 2.24 bits per heavy atom. The molecule has 2 unspecified atom stereocenters. The van der Waals surface area contributed by atoms with Crippen LogP contribution in [0.4, 0.5) is 10.6 Å².